The van der Waals surface area contributed by atoms with E-state index in [4.69, 9.17) is 9.15 Å². The van der Waals surface area contributed by atoms with Crippen LogP contribution in [0.4, 0.5) is 5.69 Å². The van der Waals surface area contributed by atoms with Crippen molar-refractivity contribution in [2.24, 2.45) is 5.92 Å². The molecule has 0 radical (unpaired) electrons. The van der Waals surface area contributed by atoms with Crippen LogP contribution in [-0.2, 0) is 31.1 Å². The number of rotatable bonds is 6. The van der Waals surface area contributed by atoms with E-state index in [-0.39, 0.29) is 36.7 Å². The first-order chi connectivity index (χ1) is 14.8. The van der Waals surface area contributed by atoms with Gasteiger partial charge in [0, 0.05) is 42.9 Å². The molecule has 2 aromatic rings. The molecule has 7 heteroatoms. The number of para-hydroxylation sites is 1. The zero-order valence-corrected chi connectivity index (χ0v) is 18.0. The Bertz CT molecular complexity index is 1040. The molecule has 0 saturated carbocycles. The van der Waals surface area contributed by atoms with E-state index < -0.39 is 11.9 Å². The number of fused-ring (bicyclic) bond motifs is 1. The van der Waals surface area contributed by atoms with E-state index in [0.717, 1.165) is 16.9 Å². The van der Waals surface area contributed by atoms with Gasteiger partial charge in [0.1, 0.15) is 5.76 Å². The second-order valence-corrected chi connectivity index (χ2v) is 8.56. The number of furan rings is 1. The average molecular weight is 422 g/mol. The highest BCUT2D eigenvalue weighted by molar-refractivity contribution is 5.95. The predicted octanol–water partition coefficient (Wildman–Crippen LogP) is 3.05. The fourth-order valence-electron chi connectivity index (χ4n) is 4.39. The summed E-state index contributed by atoms with van der Waals surface area (Å²) in [5.74, 6) is -0.845. The number of anilines is 1. The van der Waals surface area contributed by atoms with Crippen LogP contribution in [-0.4, -0.2) is 42.8 Å². The second-order valence-electron chi connectivity index (χ2n) is 8.56. The van der Waals surface area contributed by atoms with Crippen molar-refractivity contribution in [1.29, 1.82) is 0 Å². The minimum absolute atomic E-state index is 0.0832. The third-order valence-electron chi connectivity index (χ3n) is 6.07. The monoisotopic (exact) mass is 422 g/mol. The molecule has 0 aliphatic carbocycles. The van der Waals surface area contributed by atoms with Crippen LogP contribution in [0.2, 0.25) is 0 Å². The number of benzene rings is 1. The van der Waals surface area contributed by atoms with Crippen LogP contribution in [0.25, 0.3) is 0 Å². The third kappa shape index (κ3) is 4.00. The van der Waals surface area contributed by atoms with E-state index in [1.165, 1.54) is 0 Å². The minimum Gasteiger partial charge on any atom is -0.467 e. The molecule has 1 saturated heterocycles. The molecule has 31 heavy (non-hydrogen) atoms. The first-order valence-corrected chi connectivity index (χ1v) is 10.3. The highest BCUT2D eigenvalue weighted by atomic mass is 16.5. The Morgan fingerprint density at radius 3 is 2.71 bits per heavy atom. The van der Waals surface area contributed by atoms with Crippen molar-refractivity contribution < 1.29 is 23.5 Å². The van der Waals surface area contributed by atoms with Gasteiger partial charge in [-0.3, -0.25) is 14.4 Å². The zero-order valence-electron chi connectivity index (χ0n) is 18.0. The van der Waals surface area contributed by atoms with Crippen LogP contribution in [0.3, 0.4) is 0 Å². The molecule has 162 valence electrons. The molecule has 1 amide bonds. The van der Waals surface area contributed by atoms with Crippen LogP contribution in [0, 0.1) is 5.92 Å². The van der Waals surface area contributed by atoms with Gasteiger partial charge in [-0.15, -0.1) is 0 Å². The standard InChI is InChI=1S/C24H26N2O5/c1-24(2)19-8-4-5-9-20(19)25(3)21(24)12-17(27)15-31-23(29)16-11-22(28)26(13-16)14-18-7-6-10-30-18/h4-10,12,16H,11,13-15H2,1-3H3/t16-/m1/s1. The summed E-state index contributed by atoms with van der Waals surface area (Å²) in [4.78, 5) is 40.8. The predicted molar refractivity (Wildman–Crippen MR) is 114 cm³/mol. The second kappa shape index (κ2) is 8.06. The smallest absolute Gasteiger partial charge is 0.311 e. The van der Waals surface area contributed by atoms with Crippen LogP contribution in [0.1, 0.15) is 31.6 Å². The molecular formula is C24H26N2O5. The van der Waals surface area contributed by atoms with Crippen molar-refractivity contribution in [1.82, 2.24) is 4.90 Å². The van der Waals surface area contributed by atoms with Gasteiger partial charge in [0.2, 0.25) is 5.91 Å². The number of ketones is 1. The Labute approximate surface area is 181 Å². The molecule has 0 spiro atoms. The number of carbonyl (C=O) groups excluding carboxylic acids is 3. The maximum Gasteiger partial charge on any atom is 0.311 e. The Morgan fingerprint density at radius 1 is 1.23 bits per heavy atom. The lowest BCUT2D eigenvalue weighted by molar-refractivity contribution is -0.151. The van der Waals surface area contributed by atoms with E-state index in [1.807, 2.05) is 30.1 Å². The Morgan fingerprint density at radius 2 is 2.00 bits per heavy atom. The molecule has 1 atom stereocenters. The number of allylic oxidation sites excluding steroid dienone is 1. The number of ether oxygens (including phenoxy) is 1. The normalized spacial score (nSPS) is 20.9. The summed E-state index contributed by atoms with van der Waals surface area (Å²) in [7, 11) is 1.93. The SMILES string of the molecule is CN1C(=CC(=O)COC(=O)[C@@H]2CC(=O)N(Cc3ccco3)C2)C(C)(C)c2ccccc21. The maximum absolute atomic E-state index is 12.6. The number of nitrogens with zero attached hydrogens (tertiary/aromatic N) is 2. The van der Waals surface area contributed by atoms with Crippen molar-refractivity contribution >= 4 is 23.3 Å². The maximum atomic E-state index is 12.6. The van der Waals surface area contributed by atoms with Gasteiger partial charge in [-0.05, 0) is 23.8 Å². The van der Waals surface area contributed by atoms with E-state index in [9.17, 15) is 14.4 Å². The van der Waals surface area contributed by atoms with Gasteiger partial charge >= 0.3 is 5.97 Å². The number of esters is 1. The highest BCUT2D eigenvalue weighted by Crippen LogP contribution is 2.46. The van der Waals surface area contributed by atoms with Gasteiger partial charge in [0.15, 0.2) is 12.4 Å². The van der Waals surface area contributed by atoms with Crippen LogP contribution >= 0.6 is 0 Å². The molecular weight excluding hydrogens is 396 g/mol. The highest BCUT2D eigenvalue weighted by Gasteiger charge is 2.39. The number of amides is 1. The number of likely N-dealkylation sites (N-methyl/N-ethyl adjacent to an activating group) is 1. The summed E-state index contributed by atoms with van der Waals surface area (Å²) < 4.78 is 10.5. The van der Waals surface area contributed by atoms with E-state index >= 15 is 0 Å². The summed E-state index contributed by atoms with van der Waals surface area (Å²) >= 11 is 0. The van der Waals surface area contributed by atoms with Crippen molar-refractivity contribution in [3.8, 4) is 0 Å². The third-order valence-corrected chi connectivity index (χ3v) is 6.07. The van der Waals surface area contributed by atoms with Crippen molar-refractivity contribution in [2.75, 3.05) is 25.1 Å². The lowest BCUT2D eigenvalue weighted by Crippen LogP contribution is -2.27. The van der Waals surface area contributed by atoms with Gasteiger partial charge < -0.3 is 19.0 Å². The fourth-order valence-corrected chi connectivity index (χ4v) is 4.39. The Hall–Kier alpha value is -3.35. The van der Waals surface area contributed by atoms with Crippen LogP contribution in [0.15, 0.2) is 58.9 Å². The van der Waals surface area contributed by atoms with Crippen molar-refractivity contribution in [3.63, 3.8) is 0 Å². The van der Waals surface area contributed by atoms with Gasteiger partial charge in [-0.25, -0.2) is 0 Å². The summed E-state index contributed by atoms with van der Waals surface area (Å²) in [5.41, 5.74) is 2.74. The molecule has 7 nitrogen and oxygen atoms in total. The number of hydrogen-bond donors (Lipinski definition) is 0. The largest absolute Gasteiger partial charge is 0.467 e. The molecule has 2 aliphatic rings. The number of hydrogen-bond acceptors (Lipinski definition) is 6. The fraction of sp³-hybridized carbons (Fsp3) is 0.375. The Kier molecular flexibility index (Phi) is 5.43. The molecule has 1 aromatic carbocycles. The number of likely N-dealkylation sites (tertiary alicyclic amines) is 1. The van der Waals surface area contributed by atoms with Crippen LogP contribution in [0.5, 0.6) is 0 Å². The number of carbonyl (C=O) groups is 3. The molecule has 3 heterocycles. The minimum atomic E-state index is -0.572. The summed E-state index contributed by atoms with van der Waals surface area (Å²) in [6.45, 7) is 4.38. The van der Waals surface area contributed by atoms with Crippen LogP contribution < -0.4 is 4.90 Å². The van der Waals surface area contributed by atoms with Crippen molar-refractivity contribution in [3.05, 3.63) is 65.8 Å². The van der Waals surface area contributed by atoms with Gasteiger partial charge in [0.25, 0.3) is 0 Å². The van der Waals surface area contributed by atoms with E-state index in [2.05, 4.69) is 19.9 Å². The topological polar surface area (TPSA) is 80.1 Å². The lowest BCUT2D eigenvalue weighted by atomic mass is 9.83. The van der Waals surface area contributed by atoms with E-state index in [0.29, 0.717) is 12.3 Å². The molecule has 1 aromatic heterocycles. The van der Waals surface area contributed by atoms with Gasteiger partial charge in [-0.1, -0.05) is 32.0 Å². The quantitative estimate of drug-likeness (QED) is 0.526. The van der Waals surface area contributed by atoms with Gasteiger partial charge in [0.05, 0.1) is 18.7 Å². The molecule has 0 N–H and O–H groups in total. The zero-order chi connectivity index (χ0) is 22.2. The summed E-state index contributed by atoms with van der Waals surface area (Å²) in [5, 5.41) is 0. The summed E-state index contributed by atoms with van der Waals surface area (Å²) in [6.07, 6.45) is 3.18. The van der Waals surface area contributed by atoms with E-state index in [1.54, 1.807) is 29.4 Å². The van der Waals surface area contributed by atoms with Gasteiger partial charge in [-0.2, -0.15) is 0 Å². The first kappa shape index (κ1) is 20.9. The van der Waals surface area contributed by atoms with Crippen molar-refractivity contribution in [2.45, 2.75) is 32.2 Å². The molecule has 4 rings (SSSR count). The first-order valence-electron chi connectivity index (χ1n) is 10.3. The Balaban J connectivity index is 1.35. The molecule has 1 fully saturated rings. The summed E-state index contributed by atoms with van der Waals surface area (Å²) in [6, 6.07) is 11.6. The molecule has 0 unspecified atom stereocenters. The molecule has 0 bridgehead atoms. The molecule has 2 aliphatic heterocycles. The lowest BCUT2D eigenvalue weighted by Gasteiger charge is -2.24. The average Bonchev–Trinajstić information content (AvgIpc) is 3.43.